The molecule has 0 spiro atoms. The fraction of sp³-hybridized carbons (Fsp3) is 0.500. The van der Waals surface area contributed by atoms with Crippen molar-refractivity contribution in [1.29, 1.82) is 0 Å². The number of alkyl halides is 3. The molecule has 0 radical (unpaired) electrons. The summed E-state index contributed by atoms with van der Waals surface area (Å²) in [6, 6.07) is 0. The van der Waals surface area contributed by atoms with Crippen molar-refractivity contribution in [3.05, 3.63) is 9.52 Å². The molecule has 82 valence electrons. The predicted molar refractivity (Wildman–Crippen MR) is 60.7 cm³/mol. The van der Waals surface area contributed by atoms with Crippen molar-refractivity contribution in [2.75, 3.05) is 7.11 Å². The van der Waals surface area contributed by atoms with Crippen molar-refractivity contribution < 1.29 is 9.53 Å². The first-order chi connectivity index (χ1) is 6.25. The maximum Gasteiger partial charge on any atom is 0.344 e. The van der Waals surface area contributed by atoms with Crippen LogP contribution in [0.4, 0.5) is 0 Å². The van der Waals surface area contributed by atoms with Crippen molar-refractivity contribution in [2.24, 2.45) is 0 Å². The van der Waals surface area contributed by atoms with Crippen molar-refractivity contribution in [3.8, 4) is 0 Å². The minimum absolute atomic E-state index is 0.231. The van der Waals surface area contributed by atoms with Crippen molar-refractivity contribution in [2.45, 2.75) is 9.71 Å². The standard InChI is InChI=1S/C6H4Cl6O2/c1-14-5(13)6(11,12)3(8)2(7)4(9)10/h3H,1H3. The quantitative estimate of drug-likeness (QED) is 0.583. The second-order valence-electron chi connectivity index (χ2n) is 2.09. The number of esters is 1. The minimum atomic E-state index is -2.04. The minimum Gasteiger partial charge on any atom is -0.467 e. The summed E-state index contributed by atoms with van der Waals surface area (Å²) in [5.41, 5.74) is 0. The highest BCUT2D eigenvalue weighted by Crippen LogP contribution is 2.39. The number of methoxy groups -OCH3 is 1. The van der Waals surface area contributed by atoms with Crippen LogP contribution in [0.5, 0.6) is 0 Å². The van der Waals surface area contributed by atoms with Crippen LogP contribution in [-0.4, -0.2) is 22.8 Å². The van der Waals surface area contributed by atoms with E-state index in [-0.39, 0.29) is 9.52 Å². The Kier molecular flexibility index (Phi) is 6.28. The van der Waals surface area contributed by atoms with Gasteiger partial charge in [0.1, 0.15) is 9.87 Å². The van der Waals surface area contributed by atoms with E-state index < -0.39 is 15.7 Å². The van der Waals surface area contributed by atoms with Gasteiger partial charge < -0.3 is 4.74 Å². The van der Waals surface area contributed by atoms with Crippen LogP contribution in [0.1, 0.15) is 0 Å². The SMILES string of the molecule is COC(=O)C(Cl)(Cl)C(Cl)C(Cl)=C(Cl)Cl. The monoisotopic (exact) mass is 318 g/mol. The second-order valence-corrected chi connectivity index (χ2v) is 5.26. The predicted octanol–water partition coefficient (Wildman–Crippen LogP) is 3.83. The van der Waals surface area contributed by atoms with Crippen molar-refractivity contribution >= 4 is 75.6 Å². The molecule has 0 saturated heterocycles. The van der Waals surface area contributed by atoms with Gasteiger partial charge in [0.05, 0.1) is 12.1 Å². The molecule has 1 unspecified atom stereocenters. The molecule has 2 nitrogen and oxygen atoms in total. The Balaban J connectivity index is 4.93. The third kappa shape index (κ3) is 3.51. The number of allylic oxidation sites excluding steroid dienone is 1. The smallest absolute Gasteiger partial charge is 0.344 e. The summed E-state index contributed by atoms with van der Waals surface area (Å²) in [5.74, 6) is -0.950. The fourth-order valence-corrected chi connectivity index (χ4v) is 1.67. The zero-order chi connectivity index (χ0) is 11.5. The Morgan fingerprint density at radius 2 is 1.71 bits per heavy atom. The highest BCUT2D eigenvalue weighted by Gasteiger charge is 2.45. The average molecular weight is 321 g/mol. The number of carbonyl (C=O) groups is 1. The van der Waals surface area contributed by atoms with Gasteiger partial charge in [0.15, 0.2) is 0 Å². The van der Waals surface area contributed by atoms with E-state index in [1.807, 2.05) is 0 Å². The maximum absolute atomic E-state index is 11.1. The number of hydrogen-bond donors (Lipinski definition) is 0. The number of hydrogen-bond acceptors (Lipinski definition) is 2. The molecule has 0 saturated carbocycles. The zero-order valence-corrected chi connectivity index (χ0v) is 11.2. The van der Waals surface area contributed by atoms with Crippen LogP contribution in [0.3, 0.4) is 0 Å². The zero-order valence-electron chi connectivity index (χ0n) is 6.66. The van der Waals surface area contributed by atoms with E-state index in [1.165, 1.54) is 0 Å². The van der Waals surface area contributed by atoms with E-state index >= 15 is 0 Å². The lowest BCUT2D eigenvalue weighted by Crippen LogP contribution is -2.37. The van der Waals surface area contributed by atoms with Crippen LogP contribution in [0, 0.1) is 0 Å². The molecule has 0 heterocycles. The molecule has 1 atom stereocenters. The summed E-state index contributed by atoms with van der Waals surface area (Å²) in [6.45, 7) is 0. The molecule has 0 aliphatic rings. The summed E-state index contributed by atoms with van der Waals surface area (Å²) in [4.78, 5) is 11.1. The van der Waals surface area contributed by atoms with Gasteiger partial charge in [-0.05, 0) is 0 Å². The van der Waals surface area contributed by atoms with E-state index in [2.05, 4.69) is 4.74 Å². The second kappa shape index (κ2) is 5.88. The third-order valence-corrected chi connectivity index (χ3v) is 3.81. The normalized spacial score (nSPS) is 13.4. The number of carbonyl (C=O) groups excluding carboxylic acids is 1. The Labute approximate surface area is 111 Å². The Morgan fingerprint density at radius 3 is 2.00 bits per heavy atom. The van der Waals surface area contributed by atoms with Gasteiger partial charge in [-0.3, -0.25) is 0 Å². The highest BCUT2D eigenvalue weighted by atomic mass is 35.5. The molecule has 0 amide bonds. The Morgan fingerprint density at radius 1 is 1.29 bits per heavy atom. The molecule has 0 aromatic heterocycles. The fourth-order valence-electron chi connectivity index (χ4n) is 0.494. The van der Waals surface area contributed by atoms with Gasteiger partial charge >= 0.3 is 5.97 Å². The molecular formula is C6H4Cl6O2. The molecule has 0 bridgehead atoms. The maximum atomic E-state index is 11.1. The summed E-state index contributed by atoms with van der Waals surface area (Å²) < 4.78 is 1.95. The van der Waals surface area contributed by atoms with Crippen LogP contribution < -0.4 is 0 Å². The van der Waals surface area contributed by atoms with Gasteiger partial charge in [0.25, 0.3) is 0 Å². The van der Waals surface area contributed by atoms with Crippen LogP contribution in [-0.2, 0) is 9.53 Å². The van der Waals surface area contributed by atoms with Gasteiger partial charge in [-0.1, -0.05) is 58.0 Å². The molecule has 8 heteroatoms. The van der Waals surface area contributed by atoms with Gasteiger partial charge in [-0.15, -0.1) is 11.6 Å². The van der Waals surface area contributed by atoms with Crippen LogP contribution in [0.25, 0.3) is 0 Å². The molecule has 0 aromatic carbocycles. The lowest BCUT2D eigenvalue weighted by Gasteiger charge is -2.21. The molecule has 14 heavy (non-hydrogen) atoms. The van der Waals surface area contributed by atoms with Crippen LogP contribution in [0.2, 0.25) is 0 Å². The van der Waals surface area contributed by atoms with Gasteiger partial charge in [0.2, 0.25) is 4.33 Å². The molecular weight excluding hydrogens is 317 g/mol. The lowest BCUT2D eigenvalue weighted by molar-refractivity contribution is -0.141. The molecule has 0 aromatic rings. The summed E-state index contributed by atoms with van der Waals surface area (Å²) in [5, 5.41) is -1.52. The number of rotatable bonds is 3. The topological polar surface area (TPSA) is 26.3 Å². The van der Waals surface area contributed by atoms with Gasteiger partial charge in [-0.25, -0.2) is 4.79 Å². The lowest BCUT2D eigenvalue weighted by atomic mass is 10.3. The third-order valence-electron chi connectivity index (χ3n) is 1.18. The largest absolute Gasteiger partial charge is 0.467 e. The van der Waals surface area contributed by atoms with Gasteiger partial charge in [-0.2, -0.15) is 0 Å². The van der Waals surface area contributed by atoms with E-state index in [9.17, 15) is 4.79 Å². The molecule has 0 aliphatic carbocycles. The summed E-state index contributed by atoms with van der Waals surface area (Å²) >= 11 is 33.1. The Bertz CT molecular complexity index is 257. The van der Waals surface area contributed by atoms with Crippen molar-refractivity contribution in [3.63, 3.8) is 0 Å². The highest BCUT2D eigenvalue weighted by molar-refractivity contribution is 6.65. The molecule has 0 fully saturated rings. The van der Waals surface area contributed by atoms with Crippen LogP contribution >= 0.6 is 69.6 Å². The summed E-state index contributed by atoms with van der Waals surface area (Å²) in [6.07, 6.45) is 0. The van der Waals surface area contributed by atoms with E-state index in [4.69, 9.17) is 69.6 Å². The average Bonchev–Trinajstić information content (AvgIpc) is 2.13. The summed E-state index contributed by atoms with van der Waals surface area (Å²) in [7, 11) is 1.10. The van der Waals surface area contributed by atoms with E-state index in [0.29, 0.717) is 0 Å². The van der Waals surface area contributed by atoms with Crippen molar-refractivity contribution in [1.82, 2.24) is 0 Å². The van der Waals surface area contributed by atoms with Gasteiger partial charge in [0, 0.05) is 0 Å². The molecule has 0 N–H and O–H groups in total. The van der Waals surface area contributed by atoms with E-state index in [1.54, 1.807) is 0 Å². The first-order valence-corrected chi connectivity index (χ1v) is 5.38. The number of halogens is 6. The molecule has 0 rings (SSSR count). The van der Waals surface area contributed by atoms with Crippen LogP contribution in [0.15, 0.2) is 9.52 Å². The molecule has 0 aliphatic heterocycles. The Hall–Kier alpha value is 0.950. The van der Waals surface area contributed by atoms with E-state index in [0.717, 1.165) is 7.11 Å². The first-order valence-electron chi connectivity index (χ1n) is 3.06. The number of ether oxygens (including phenoxy) is 1. The first kappa shape index (κ1) is 14.9.